The van der Waals surface area contributed by atoms with Crippen LogP contribution in [0, 0.1) is 6.92 Å². The number of H-pyrrole nitrogens is 1. The monoisotopic (exact) mass is 187 g/mol. The van der Waals surface area contributed by atoms with Crippen LogP contribution in [0.25, 0.3) is 11.3 Å². The highest BCUT2D eigenvalue weighted by Gasteiger charge is 1.98. The lowest BCUT2D eigenvalue weighted by Gasteiger charge is -1.98. The van der Waals surface area contributed by atoms with Gasteiger partial charge in [0.2, 0.25) is 0 Å². The van der Waals surface area contributed by atoms with Crippen molar-refractivity contribution in [1.29, 1.82) is 0 Å². The van der Waals surface area contributed by atoms with Crippen LogP contribution in [0.3, 0.4) is 0 Å². The van der Waals surface area contributed by atoms with Crippen LogP contribution in [0.5, 0.6) is 0 Å². The standard InChI is InChI=1S/C10H9N3O/c1-7-2-3-8(6-12-7)9-4-5-11-10(14)13-9/h2-6H,1H3,(H,11,13,14). The number of pyridine rings is 1. The molecule has 70 valence electrons. The Balaban J connectivity index is 2.50. The van der Waals surface area contributed by atoms with Gasteiger partial charge in [0, 0.05) is 23.7 Å². The zero-order valence-electron chi connectivity index (χ0n) is 7.69. The van der Waals surface area contributed by atoms with Crippen molar-refractivity contribution in [2.45, 2.75) is 6.92 Å². The molecule has 4 heteroatoms. The molecule has 0 bridgehead atoms. The van der Waals surface area contributed by atoms with E-state index < -0.39 is 0 Å². The maximum Gasteiger partial charge on any atom is 0.345 e. The molecule has 0 aliphatic heterocycles. The second-order valence-electron chi connectivity index (χ2n) is 2.97. The number of hydrogen-bond donors (Lipinski definition) is 1. The van der Waals surface area contributed by atoms with Crippen molar-refractivity contribution < 1.29 is 0 Å². The summed E-state index contributed by atoms with van der Waals surface area (Å²) in [5.41, 5.74) is 2.09. The molecule has 0 spiro atoms. The Labute approximate surface area is 80.7 Å². The Kier molecular flexibility index (Phi) is 2.10. The molecule has 0 amide bonds. The zero-order chi connectivity index (χ0) is 9.97. The van der Waals surface area contributed by atoms with Crippen molar-refractivity contribution in [2.24, 2.45) is 0 Å². The van der Waals surface area contributed by atoms with Crippen molar-refractivity contribution in [3.8, 4) is 11.3 Å². The molecule has 0 radical (unpaired) electrons. The van der Waals surface area contributed by atoms with Gasteiger partial charge in [-0.25, -0.2) is 4.79 Å². The van der Waals surface area contributed by atoms with Crippen LogP contribution >= 0.6 is 0 Å². The van der Waals surface area contributed by atoms with Gasteiger partial charge in [-0.2, -0.15) is 4.98 Å². The van der Waals surface area contributed by atoms with E-state index in [9.17, 15) is 4.79 Å². The van der Waals surface area contributed by atoms with Crippen LogP contribution in [0.2, 0.25) is 0 Å². The molecular weight excluding hydrogens is 178 g/mol. The first-order chi connectivity index (χ1) is 6.75. The highest BCUT2D eigenvalue weighted by atomic mass is 16.1. The van der Waals surface area contributed by atoms with E-state index in [1.54, 1.807) is 18.5 Å². The van der Waals surface area contributed by atoms with Gasteiger partial charge >= 0.3 is 5.69 Å². The van der Waals surface area contributed by atoms with Gasteiger partial charge in [0.15, 0.2) is 0 Å². The highest BCUT2D eigenvalue weighted by Crippen LogP contribution is 2.12. The average Bonchev–Trinajstić information content (AvgIpc) is 2.19. The summed E-state index contributed by atoms with van der Waals surface area (Å²) in [6, 6.07) is 5.52. The second kappa shape index (κ2) is 3.41. The highest BCUT2D eigenvalue weighted by molar-refractivity contribution is 5.56. The van der Waals surface area contributed by atoms with Gasteiger partial charge in [-0.15, -0.1) is 0 Å². The summed E-state index contributed by atoms with van der Waals surface area (Å²) < 4.78 is 0. The number of rotatable bonds is 1. The molecule has 2 aromatic rings. The SMILES string of the molecule is Cc1ccc(-c2cc[nH]c(=O)n2)cn1. The fraction of sp³-hybridized carbons (Fsp3) is 0.100. The van der Waals surface area contributed by atoms with Crippen molar-refractivity contribution >= 4 is 0 Å². The number of aromatic nitrogens is 3. The van der Waals surface area contributed by atoms with Crippen molar-refractivity contribution in [3.63, 3.8) is 0 Å². The Morgan fingerprint density at radius 1 is 1.29 bits per heavy atom. The van der Waals surface area contributed by atoms with Gasteiger partial charge in [0.1, 0.15) is 0 Å². The van der Waals surface area contributed by atoms with Crippen molar-refractivity contribution in [2.75, 3.05) is 0 Å². The third-order valence-electron chi connectivity index (χ3n) is 1.88. The second-order valence-corrected chi connectivity index (χ2v) is 2.97. The smallest absolute Gasteiger partial charge is 0.313 e. The summed E-state index contributed by atoms with van der Waals surface area (Å²) >= 11 is 0. The minimum Gasteiger partial charge on any atom is -0.313 e. The number of hydrogen-bond acceptors (Lipinski definition) is 3. The fourth-order valence-corrected chi connectivity index (χ4v) is 1.15. The molecule has 2 heterocycles. The van der Waals surface area contributed by atoms with Crippen LogP contribution in [0.15, 0.2) is 35.4 Å². The molecule has 0 saturated heterocycles. The van der Waals surface area contributed by atoms with E-state index >= 15 is 0 Å². The Hall–Kier alpha value is -1.97. The Bertz CT molecular complexity index is 487. The molecule has 0 aromatic carbocycles. The Morgan fingerprint density at radius 2 is 2.14 bits per heavy atom. The quantitative estimate of drug-likeness (QED) is 0.728. The summed E-state index contributed by atoms with van der Waals surface area (Å²) in [6.45, 7) is 1.91. The molecule has 4 nitrogen and oxygen atoms in total. The van der Waals surface area contributed by atoms with Gasteiger partial charge in [-0.3, -0.25) is 4.98 Å². The van der Waals surface area contributed by atoms with Gasteiger partial charge in [-0.05, 0) is 25.1 Å². The lowest BCUT2D eigenvalue weighted by Crippen LogP contribution is -2.09. The van der Waals surface area contributed by atoms with E-state index in [4.69, 9.17) is 0 Å². The van der Waals surface area contributed by atoms with Crippen LogP contribution in [0.4, 0.5) is 0 Å². The molecule has 1 N–H and O–H groups in total. The van der Waals surface area contributed by atoms with Gasteiger partial charge in [0.05, 0.1) is 5.69 Å². The first kappa shape index (κ1) is 8.62. The first-order valence-electron chi connectivity index (χ1n) is 4.24. The molecular formula is C10H9N3O. The molecule has 0 unspecified atom stereocenters. The number of nitrogens with one attached hydrogen (secondary N) is 1. The Morgan fingerprint density at radius 3 is 2.79 bits per heavy atom. The number of nitrogens with zero attached hydrogens (tertiary/aromatic N) is 2. The maximum atomic E-state index is 10.9. The lowest BCUT2D eigenvalue weighted by atomic mass is 10.2. The van der Waals surface area contributed by atoms with Crippen molar-refractivity contribution in [3.05, 3.63) is 46.8 Å². The minimum atomic E-state index is -0.344. The van der Waals surface area contributed by atoms with Crippen LogP contribution in [-0.2, 0) is 0 Å². The van der Waals surface area contributed by atoms with E-state index in [0.29, 0.717) is 5.69 Å². The van der Waals surface area contributed by atoms with Crippen LogP contribution in [0.1, 0.15) is 5.69 Å². The minimum absolute atomic E-state index is 0.344. The van der Waals surface area contributed by atoms with Crippen LogP contribution < -0.4 is 5.69 Å². The lowest BCUT2D eigenvalue weighted by molar-refractivity contribution is 1.08. The molecule has 0 aliphatic rings. The van der Waals surface area contributed by atoms with Gasteiger partial charge in [-0.1, -0.05) is 0 Å². The topological polar surface area (TPSA) is 58.6 Å². The third kappa shape index (κ3) is 1.69. The molecule has 0 saturated carbocycles. The summed E-state index contributed by atoms with van der Waals surface area (Å²) in [4.78, 5) is 21.4. The van der Waals surface area contributed by atoms with Gasteiger partial charge in [0.25, 0.3) is 0 Å². The largest absolute Gasteiger partial charge is 0.345 e. The van der Waals surface area contributed by atoms with E-state index in [2.05, 4.69) is 15.0 Å². The predicted octanol–water partition coefficient (Wildman–Crippen LogP) is 1.14. The molecule has 0 fully saturated rings. The molecule has 0 aliphatic carbocycles. The number of aromatic amines is 1. The summed E-state index contributed by atoms with van der Waals surface area (Å²) in [5.74, 6) is 0. The molecule has 14 heavy (non-hydrogen) atoms. The average molecular weight is 187 g/mol. The zero-order valence-corrected chi connectivity index (χ0v) is 7.69. The summed E-state index contributed by atoms with van der Waals surface area (Å²) in [6.07, 6.45) is 3.28. The van der Waals surface area contributed by atoms with E-state index in [1.165, 1.54) is 0 Å². The summed E-state index contributed by atoms with van der Waals surface area (Å²) in [5, 5.41) is 0. The van der Waals surface area contributed by atoms with E-state index in [1.807, 2.05) is 19.1 Å². The predicted molar refractivity (Wildman–Crippen MR) is 52.8 cm³/mol. The maximum absolute atomic E-state index is 10.9. The molecule has 2 aromatic heterocycles. The van der Waals surface area contributed by atoms with E-state index in [0.717, 1.165) is 11.3 Å². The molecule has 0 atom stereocenters. The first-order valence-corrected chi connectivity index (χ1v) is 4.24. The third-order valence-corrected chi connectivity index (χ3v) is 1.88. The fourth-order valence-electron chi connectivity index (χ4n) is 1.15. The van der Waals surface area contributed by atoms with E-state index in [-0.39, 0.29) is 5.69 Å². The normalized spacial score (nSPS) is 10.1. The number of aryl methyl sites for hydroxylation is 1. The van der Waals surface area contributed by atoms with Crippen molar-refractivity contribution in [1.82, 2.24) is 15.0 Å². The molecule has 2 rings (SSSR count). The van der Waals surface area contributed by atoms with Gasteiger partial charge < -0.3 is 4.98 Å². The van der Waals surface area contributed by atoms with Crippen LogP contribution in [-0.4, -0.2) is 15.0 Å². The summed E-state index contributed by atoms with van der Waals surface area (Å²) in [7, 11) is 0.